The molecule has 1 saturated heterocycles. The molecule has 13 heavy (non-hydrogen) atoms. The average Bonchev–Trinajstić information content (AvgIpc) is 2.20. The number of unbranched alkanes of at least 4 members (excludes halogenated alkanes) is 1. The molecule has 1 nitrogen and oxygen atoms in total. The second kappa shape index (κ2) is 5.43. The van der Waals surface area contributed by atoms with Crippen LogP contribution in [0.5, 0.6) is 0 Å². The molecule has 0 spiro atoms. The van der Waals surface area contributed by atoms with E-state index in [0.717, 1.165) is 13.0 Å². The van der Waals surface area contributed by atoms with E-state index in [0.29, 0.717) is 0 Å². The summed E-state index contributed by atoms with van der Waals surface area (Å²) >= 11 is 0. The highest BCUT2D eigenvalue weighted by Crippen LogP contribution is 2.32. The van der Waals surface area contributed by atoms with E-state index in [9.17, 15) is 0 Å². The molecule has 0 amide bonds. The van der Waals surface area contributed by atoms with Crippen molar-refractivity contribution in [1.29, 1.82) is 0 Å². The zero-order chi connectivity index (χ0) is 9.57. The molecule has 1 fully saturated rings. The molecule has 0 aliphatic carbocycles. The molecule has 1 heteroatoms. The Balaban J connectivity index is 2.33. The standard InChI is InChI=1S/C12H22O/c1-3-5-6-9-12(4-2)10-7-8-11-13-12/h3H,1,4-11H2,2H3. The van der Waals surface area contributed by atoms with Gasteiger partial charge >= 0.3 is 0 Å². The SMILES string of the molecule is C=CCCCC1(CC)CCCCO1. The third-order valence-corrected chi connectivity index (χ3v) is 3.12. The van der Waals surface area contributed by atoms with Crippen molar-refractivity contribution in [3.05, 3.63) is 12.7 Å². The van der Waals surface area contributed by atoms with E-state index < -0.39 is 0 Å². The van der Waals surface area contributed by atoms with Gasteiger partial charge in [0.05, 0.1) is 5.60 Å². The molecule has 0 saturated carbocycles. The number of rotatable bonds is 5. The van der Waals surface area contributed by atoms with Crippen molar-refractivity contribution in [2.45, 2.75) is 57.5 Å². The molecule has 1 heterocycles. The monoisotopic (exact) mass is 182 g/mol. The van der Waals surface area contributed by atoms with Gasteiger partial charge in [0.25, 0.3) is 0 Å². The number of hydrogen-bond donors (Lipinski definition) is 0. The first kappa shape index (κ1) is 10.8. The summed E-state index contributed by atoms with van der Waals surface area (Å²) in [5.74, 6) is 0. The predicted octanol–water partition coefficient (Wildman–Crippen LogP) is 3.69. The Labute approximate surface area is 82.2 Å². The third kappa shape index (κ3) is 3.15. The first-order chi connectivity index (χ1) is 6.33. The number of hydrogen-bond acceptors (Lipinski definition) is 1. The molecule has 0 bridgehead atoms. The predicted molar refractivity (Wildman–Crippen MR) is 56.9 cm³/mol. The van der Waals surface area contributed by atoms with Gasteiger partial charge in [0.15, 0.2) is 0 Å². The van der Waals surface area contributed by atoms with E-state index in [4.69, 9.17) is 4.74 Å². The lowest BCUT2D eigenvalue weighted by Gasteiger charge is -2.36. The summed E-state index contributed by atoms with van der Waals surface area (Å²) in [5, 5.41) is 0. The smallest absolute Gasteiger partial charge is 0.0680 e. The van der Waals surface area contributed by atoms with Crippen LogP contribution in [-0.4, -0.2) is 12.2 Å². The highest BCUT2D eigenvalue weighted by molar-refractivity contribution is 4.83. The van der Waals surface area contributed by atoms with Crippen molar-refractivity contribution in [1.82, 2.24) is 0 Å². The summed E-state index contributed by atoms with van der Waals surface area (Å²) in [5.41, 5.74) is 0.223. The van der Waals surface area contributed by atoms with Crippen LogP contribution in [0.2, 0.25) is 0 Å². The van der Waals surface area contributed by atoms with Gasteiger partial charge in [0.2, 0.25) is 0 Å². The largest absolute Gasteiger partial charge is 0.375 e. The molecule has 1 unspecified atom stereocenters. The zero-order valence-electron chi connectivity index (χ0n) is 8.85. The van der Waals surface area contributed by atoms with E-state index in [-0.39, 0.29) is 5.60 Å². The van der Waals surface area contributed by atoms with Crippen molar-refractivity contribution >= 4 is 0 Å². The van der Waals surface area contributed by atoms with Crippen LogP contribution in [0.3, 0.4) is 0 Å². The maximum absolute atomic E-state index is 5.93. The molecular weight excluding hydrogens is 160 g/mol. The Kier molecular flexibility index (Phi) is 4.51. The first-order valence-corrected chi connectivity index (χ1v) is 5.58. The van der Waals surface area contributed by atoms with Gasteiger partial charge in [0.1, 0.15) is 0 Å². The highest BCUT2D eigenvalue weighted by Gasteiger charge is 2.30. The normalized spacial score (nSPS) is 28.7. The first-order valence-electron chi connectivity index (χ1n) is 5.58. The van der Waals surface area contributed by atoms with Gasteiger partial charge in [-0.15, -0.1) is 6.58 Å². The summed E-state index contributed by atoms with van der Waals surface area (Å²) in [6.45, 7) is 6.97. The third-order valence-electron chi connectivity index (χ3n) is 3.12. The summed E-state index contributed by atoms with van der Waals surface area (Å²) in [6.07, 6.45) is 10.6. The summed E-state index contributed by atoms with van der Waals surface area (Å²) in [4.78, 5) is 0. The lowest BCUT2D eigenvalue weighted by Crippen LogP contribution is -2.35. The quantitative estimate of drug-likeness (QED) is 0.465. The summed E-state index contributed by atoms with van der Waals surface area (Å²) in [6, 6.07) is 0. The lowest BCUT2D eigenvalue weighted by molar-refractivity contribution is -0.0866. The van der Waals surface area contributed by atoms with Crippen molar-refractivity contribution in [3.8, 4) is 0 Å². The van der Waals surface area contributed by atoms with Crippen LogP contribution < -0.4 is 0 Å². The van der Waals surface area contributed by atoms with Gasteiger partial charge < -0.3 is 4.74 Å². The van der Waals surface area contributed by atoms with Crippen molar-refractivity contribution < 1.29 is 4.74 Å². The Morgan fingerprint density at radius 2 is 2.31 bits per heavy atom. The molecule has 0 N–H and O–H groups in total. The van der Waals surface area contributed by atoms with Crippen LogP contribution in [0, 0.1) is 0 Å². The molecule has 0 aromatic carbocycles. The highest BCUT2D eigenvalue weighted by atomic mass is 16.5. The maximum Gasteiger partial charge on any atom is 0.0680 e. The van der Waals surface area contributed by atoms with Crippen LogP contribution in [0.25, 0.3) is 0 Å². The van der Waals surface area contributed by atoms with Gasteiger partial charge in [-0.25, -0.2) is 0 Å². The Bertz CT molecular complexity index is 145. The number of ether oxygens (including phenoxy) is 1. The van der Waals surface area contributed by atoms with Crippen LogP contribution in [0.4, 0.5) is 0 Å². The maximum atomic E-state index is 5.93. The van der Waals surface area contributed by atoms with Crippen LogP contribution >= 0.6 is 0 Å². The molecule has 0 aromatic heterocycles. The molecule has 76 valence electrons. The minimum Gasteiger partial charge on any atom is -0.375 e. The van der Waals surface area contributed by atoms with Gasteiger partial charge in [-0.3, -0.25) is 0 Å². The van der Waals surface area contributed by atoms with E-state index >= 15 is 0 Å². The Hall–Kier alpha value is -0.300. The molecule has 0 aromatic rings. The van der Waals surface area contributed by atoms with Crippen molar-refractivity contribution in [3.63, 3.8) is 0 Å². The van der Waals surface area contributed by atoms with E-state index in [1.807, 2.05) is 6.08 Å². The second-order valence-electron chi connectivity index (χ2n) is 4.02. The van der Waals surface area contributed by atoms with E-state index in [2.05, 4.69) is 13.5 Å². The topological polar surface area (TPSA) is 9.23 Å². The van der Waals surface area contributed by atoms with Crippen LogP contribution in [-0.2, 0) is 4.74 Å². The fourth-order valence-corrected chi connectivity index (χ4v) is 2.13. The van der Waals surface area contributed by atoms with Crippen LogP contribution in [0.1, 0.15) is 51.9 Å². The molecule has 1 aliphatic rings. The molecule has 1 atom stereocenters. The van der Waals surface area contributed by atoms with Gasteiger partial charge in [-0.2, -0.15) is 0 Å². The minimum absolute atomic E-state index is 0.223. The van der Waals surface area contributed by atoms with Crippen molar-refractivity contribution in [2.24, 2.45) is 0 Å². The number of allylic oxidation sites excluding steroid dienone is 1. The molecule has 1 rings (SSSR count). The van der Waals surface area contributed by atoms with Gasteiger partial charge in [-0.1, -0.05) is 13.0 Å². The summed E-state index contributed by atoms with van der Waals surface area (Å²) in [7, 11) is 0. The van der Waals surface area contributed by atoms with Crippen LogP contribution in [0.15, 0.2) is 12.7 Å². The Morgan fingerprint density at radius 1 is 1.46 bits per heavy atom. The van der Waals surface area contributed by atoms with Gasteiger partial charge in [0, 0.05) is 6.61 Å². The summed E-state index contributed by atoms with van der Waals surface area (Å²) < 4.78 is 5.93. The molecular formula is C12H22O. The van der Waals surface area contributed by atoms with E-state index in [1.165, 1.54) is 38.5 Å². The van der Waals surface area contributed by atoms with E-state index in [1.54, 1.807) is 0 Å². The van der Waals surface area contributed by atoms with Crippen molar-refractivity contribution in [2.75, 3.05) is 6.61 Å². The Morgan fingerprint density at radius 3 is 2.85 bits per heavy atom. The fourth-order valence-electron chi connectivity index (χ4n) is 2.13. The fraction of sp³-hybridized carbons (Fsp3) is 0.833. The lowest BCUT2D eigenvalue weighted by atomic mass is 9.86. The molecule has 0 radical (unpaired) electrons. The zero-order valence-corrected chi connectivity index (χ0v) is 8.85. The van der Waals surface area contributed by atoms with Gasteiger partial charge in [-0.05, 0) is 44.9 Å². The molecule has 1 aliphatic heterocycles. The second-order valence-corrected chi connectivity index (χ2v) is 4.02. The average molecular weight is 182 g/mol. The minimum atomic E-state index is 0.223.